The zero-order valence-electron chi connectivity index (χ0n) is 17.3. The maximum atomic E-state index is 13.0. The molecule has 1 N–H and O–H groups in total. The van der Waals surface area contributed by atoms with Crippen LogP contribution in [0.15, 0.2) is 94.9 Å². The summed E-state index contributed by atoms with van der Waals surface area (Å²) in [6, 6.07) is 23.8. The normalized spacial score (nSPS) is 10.5. The smallest absolute Gasteiger partial charge is 0.293 e. The van der Waals surface area contributed by atoms with E-state index in [4.69, 9.17) is 9.15 Å². The number of nitrogens with one attached hydrogen (secondary N) is 1. The van der Waals surface area contributed by atoms with Gasteiger partial charge >= 0.3 is 0 Å². The fourth-order valence-corrected chi connectivity index (χ4v) is 3.77. The van der Waals surface area contributed by atoms with E-state index in [1.165, 1.54) is 17.6 Å². The number of furan rings is 1. The predicted octanol–water partition coefficient (Wildman–Crippen LogP) is 5.60. The Labute approximate surface area is 190 Å². The Bertz CT molecular complexity index is 1120. The summed E-state index contributed by atoms with van der Waals surface area (Å²) in [5.41, 5.74) is 0.719. The molecule has 162 valence electrons. The zero-order chi connectivity index (χ0) is 22.2. The van der Waals surface area contributed by atoms with E-state index in [9.17, 15) is 9.59 Å². The highest BCUT2D eigenvalue weighted by atomic mass is 32.1. The molecule has 4 aromatic rings. The fourth-order valence-electron chi connectivity index (χ4n) is 3.13. The van der Waals surface area contributed by atoms with Gasteiger partial charge in [0.25, 0.3) is 11.8 Å². The number of carbonyl (C=O) groups is 2. The van der Waals surface area contributed by atoms with Crippen molar-refractivity contribution in [2.75, 3.05) is 18.0 Å². The second-order valence-corrected chi connectivity index (χ2v) is 7.88. The van der Waals surface area contributed by atoms with Crippen LogP contribution in [-0.2, 0) is 0 Å². The third-order valence-corrected chi connectivity index (χ3v) is 5.56. The number of carbonyl (C=O) groups excluding carboxylic acids is 2. The number of para-hydroxylation sites is 1. The summed E-state index contributed by atoms with van der Waals surface area (Å²) in [5, 5.41) is 4.76. The van der Waals surface area contributed by atoms with Crippen molar-refractivity contribution >= 4 is 28.8 Å². The molecule has 0 saturated carbocycles. The number of anilines is 1. The van der Waals surface area contributed by atoms with E-state index < -0.39 is 0 Å². The SMILES string of the molecule is O=C(NCCCN(C(=O)c1ccco1)c1ccc(Oc2ccccc2)cc1)c1cccs1. The number of hydrogen-bond donors (Lipinski definition) is 1. The Morgan fingerprint density at radius 2 is 1.69 bits per heavy atom. The van der Waals surface area contributed by atoms with Crippen LogP contribution in [0, 0.1) is 0 Å². The van der Waals surface area contributed by atoms with Gasteiger partial charge in [-0.3, -0.25) is 9.59 Å². The fraction of sp³-hybridized carbons (Fsp3) is 0.120. The Morgan fingerprint density at radius 1 is 0.906 bits per heavy atom. The largest absolute Gasteiger partial charge is 0.459 e. The van der Waals surface area contributed by atoms with Crippen molar-refractivity contribution in [3.63, 3.8) is 0 Å². The summed E-state index contributed by atoms with van der Waals surface area (Å²) in [4.78, 5) is 27.4. The van der Waals surface area contributed by atoms with E-state index in [0.29, 0.717) is 30.1 Å². The number of nitrogens with zero attached hydrogens (tertiary/aromatic N) is 1. The molecule has 0 bridgehead atoms. The zero-order valence-corrected chi connectivity index (χ0v) is 18.1. The van der Waals surface area contributed by atoms with Gasteiger partial charge in [-0.15, -0.1) is 11.3 Å². The van der Waals surface area contributed by atoms with Crippen molar-refractivity contribution in [1.82, 2.24) is 5.32 Å². The van der Waals surface area contributed by atoms with Crippen LogP contribution in [0.4, 0.5) is 5.69 Å². The van der Waals surface area contributed by atoms with Crippen molar-refractivity contribution < 1.29 is 18.7 Å². The van der Waals surface area contributed by atoms with Gasteiger partial charge in [0.15, 0.2) is 5.76 Å². The topological polar surface area (TPSA) is 71.8 Å². The van der Waals surface area contributed by atoms with Crippen molar-refractivity contribution in [1.29, 1.82) is 0 Å². The van der Waals surface area contributed by atoms with E-state index in [1.807, 2.05) is 66.0 Å². The number of benzene rings is 2. The highest BCUT2D eigenvalue weighted by molar-refractivity contribution is 7.12. The Kier molecular flexibility index (Phi) is 6.99. The number of thiophene rings is 1. The van der Waals surface area contributed by atoms with Gasteiger partial charge in [-0.2, -0.15) is 0 Å². The van der Waals surface area contributed by atoms with Gasteiger partial charge in [-0.25, -0.2) is 0 Å². The summed E-state index contributed by atoms with van der Waals surface area (Å²) < 4.78 is 11.1. The van der Waals surface area contributed by atoms with E-state index >= 15 is 0 Å². The first-order valence-electron chi connectivity index (χ1n) is 10.2. The molecule has 0 fully saturated rings. The van der Waals surface area contributed by atoms with Crippen LogP contribution in [0.1, 0.15) is 26.6 Å². The first-order chi connectivity index (χ1) is 15.7. The van der Waals surface area contributed by atoms with Crippen LogP contribution >= 0.6 is 11.3 Å². The molecule has 0 atom stereocenters. The number of ether oxygens (including phenoxy) is 1. The molecule has 0 aliphatic heterocycles. The van der Waals surface area contributed by atoms with Gasteiger partial charge < -0.3 is 19.4 Å². The summed E-state index contributed by atoms with van der Waals surface area (Å²) in [6.07, 6.45) is 2.06. The molecule has 7 heteroatoms. The molecule has 2 aromatic carbocycles. The lowest BCUT2D eigenvalue weighted by Crippen LogP contribution is -2.34. The number of rotatable bonds is 9. The van der Waals surface area contributed by atoms with Gasteiger partial charge in [0, 0.05) is 18.8 Å². The minimum Gasteiger partial charge on any atom is -0.459 e. The molecule has 0 spiro atoms. The average molecular weight is 447 g/mol. The van der Waals surface area contributed by atoms with Crippen LogP contribution in [0.2, 0.25) is 0 Å². The molecule has 0 aliphatic carbocycles. The summed E-state index contributed by atoms with van der Waals surface area (Å²) >= 11 is 1.40. The molecule has 0 radical (unpaired) electrons. The minimum absolute atomic E-state index is 0.105. The molecule has 4 rings (SSSR count). The lowest BCUT2D eigenvalue weighted by Gasteiger charge is -2.22. The predicted molar refractivity (Wildman–Crippen MR) is 125 cm³/mol. The van der Waals surface area contributed by atoms with Crippen molar-refractivity contribution in [3.8, 4) is 11.5 Å². The lowest BCUT2D eigenvalue weighted by atomic mass is 10.2. The summed E-state index contributed by atoms with van der Waals surface area (Å²) in [7, 11) is 0. The van der Waals surface area contributed by atoms with Gasteiger partial charge in [-0.05, 0) is 66.4 Å². The van der Waals surface area contributed by atoms with Gasteiger partial charge in [-0.1, -0.05) is 24.3 Å². The molecular formula is C25H22N2O4S. The first-order valence-corrected chi connectivity index (χ1v) is 11.1. The van der Waals surface area contributed by atoms with E-state index in [2.05, 4.69) is 5.32 Å². The third-order valence-electron chi connectivity index (χ3n) is 4.69. The van der Waals surface area contributed by atoms with Gasteiger partial charge in [0.1, 0.15) is 11.5 Å². The highest BCUT2D eigenvalue weighted by Crippen LogP contribution is 2.25. The van der Waals surface area contributed by atoms with Gasteiger partial charge in [0.2, 0.25) is 0 Å². The Morgan fingerprint density at radius 3 is 2.38 bits per heavy atom. The van der Waals surface area contributed by atoms with Crippen LogP contribution in [-0.4, -0.2) is 24.9 Å². The molecule has 0 unspecified atom stereocenters. The maximum absolute atomic E-state index is 13.0. The molecular weight excluding hydrogens is 424 g/mol. The first kappa shape index (κ1) is 21.4. The molecule has 32 heavy (non-hydrogen) atoms. The van der Waals surface area contributed by atoms with Crippen molar-refractivity contribution in [2.45, 2.75) is 6.42 Å². The molecule has 6 nitrogen and oxygen atoms in total. The highest BCUT2D eigenvalue weighted by Gasteiger charge is 2.20. The lowest BCUT2D eigenvalue weighted by molar-refractivity contribution is 0.0957. The molecule has 0 saturated heterocycles. The van der Waals surface area contributed by atoms with E-state index in [0.717, 1.165) is 11.4 Å². The number of amides is 2. The van der Waals surface area contributed by atoms with Gasteiger partial charge in [0.05, 0.1) is 11.1 Å². The monoisotopic (exact) mass is 446 g/mol. The van der Waals surface area contributed by atoms with Crippen molar-refractivity contribution in [2.24, 2.45) is 0 Å². The molecule has 2 amide bonds. The molecule has 2 aromatic heterocycles. The Balaban J connectivity index is 1.42. The average Bonchev–Trinajstić information content (AvgIpc) is 3.55. The van der Waals surface area contributed by atoms with E-state index in [-0.39, 0.29) is 17.6 Å². The second kappa shape index (κ2) is 10.5. The van der Waals surface area contributed by atoms with Crippen LogP contribution in [0.25, 0.3) is 0 Å². The maximum Gasteiger partial charge on any atom is 0.293 e. The molecule has 0 aliphatic rings. The van der Waals surface area contributed by atoms with Crippen LogP contribution < -0.4 is 15.0 Å². The molecule has 2 heterocycles. The Hall–Kier alpha value is -3.84. The number of hydrogen-bond acceptors (Lipinski definition) is 5. The quantitative estimate of drug-likeness (QED) is 0.340. The van der Waals surface area contributed by atoms with Crippen LogP contribution in [0.5, 0.6) is 11.5 Å². The third kappa shape index (κ3) is 5.44. The summed E-state index contributed by atoms with van der Waals surface area (Å²) in [6.45, 7) is 0.872. The van der Waals surface area contributed by atoms with Crippen LogP contribution in [0.3, 0.4) is 0 Å². The second-order valence-electron chi connectivity index (χ2n) is 6.93. The minimum atomic E-state index is -0.240. The van der Waals surface area contributed by atoms with Crippen molar-refractivity contribution in [3.05, 3.63) is 101 Å². The van der Waals surface area contributed by atoms with E-state index in [1.54, 1.807) is 23.1 Å². The summed E-state index contributed by atoms with van der Waals surface area (Å²) in [5.74, 6) is 1.33. The standard InChI is InChI=1S/C25H22N2O4S/c28-24(23-10-5-18-32-23)26-15-6-16-27(25(29)22-9-4-17-30-22)19-11-13-21(14-12-19)31-20-7-2-1-3-8-20/h1-5,7-14,17-18H,6,15-16H2,(H,26,28).